The van der Waals surface area contributed by atoms with Crippen LogP contribution in [0.5, 0.6) is 0 Å². The lowest BCUT2D eigenvalue weighted by atomic mass is 9.78. The first-order chi connectivity index (χ1) is 8.95. The van der Waals surface area contributed by atoms with Gasteiger partial charge in [-0.1, -0.05) is 6.92 Å². The Kier molecular flexibility index (Phi) is 3.89. The van der Waals surface area contributed by atoms with Crippen molar-refractivity contribution in [1.29, 1.82) is 0 Å². The number of carbonyl (C=O) groups is 3. The minimum Gasteiger partial charge on any atom is -0.316 e. The fourth-order valence-electron chi connectivity index (χ4n) is 3.03. The summed E-state index contributed by atoms with van der Waals surface area (Å²) in [6, 6.07) is -0.536. The SMILES string of the molecule is CC1CNCCCC1C1C(=O)N(C)C(=O)N(C)C1=O. The molecule has 0 radical (unpaired) electrons. The number of nitrogens with zero attached hydrogens (tertiary/aromatic N) is 2. The molecule has 2 rings (SSSR count). The second-order valence-corrected chi connectivity index (χ2v) is 5.54. The van der Waals surface area contributed by atoms with Crippen molar-refractivity contribution in [2.24, 2.45) is 17.8 Å². The van der Waals surface area contributed by atoms with Crippen molar-refractivity contribution >= 4 is 17.8 Å². The van der Waals surface area contributed by atoms with Crippen molar-refractivity contribution in [3.05, 3.63) is 0 Å². The molecule has 2 heterocycles. The number of hydrogen-bond donors (Lipinski definition) is 1. The van der Waals surface area contributed by atoms with Crippen LogP contribution in [0.3, 0.4) is 0 Å². The number of amides is 4. The topological polar surface area (TPSA) is 69.7 Å². The minimum absolute atomic E-state index is 0.00741. The van der Waals surface area contributed by atoms with E-state index >= 15 is 0 Å². The minimum atomic E-state index is -0.706. The van der Waals surface area contributed by atoms with Crippen molar-refractivity contribution in [1.82, 2.24) is 15.1 Å². The van der Waals surface area contributed by atoms with E-state index in [1.165, 1.54) is 14.1 Å². The molecule has 0 aromatic rings. The van der Waals surface area contributed by atoms with Crippen LogP contribution in [-0.2, 0) is 9.59 Å². The average Bonchev–Trinajstić information content (AvgIpc) is 2.60. The maximum Gasteiger partial charge on any atom is 0.332 e. The summed E-state index contributed by atoms with van der Waals surface area (Å²) in [4.78, 5) is 38.4. The third kappa shape index (κ3) is 2.36. The highest BCUT2D eigenvalue weighted by Crippen LogP contribution is 2.32. The van der Waals surface area contributed by atoms with Crippen molar-refractivity contribution in [2.75, 3.05) is 27.2 Å². The van der Waals surface area contributed by atoms with Gasteiger partial charge in [0, 0.05) is 14.1 Å². The van der Waals surface area contributed by atoms with Crippen LogP contribution in [0.2, 0.25) is 0 Å². The van der Waals surface area contributed by atoms with Crippen LogP contribution in [0.25, 0.3) is 0 Å². The molecule has 0 aromatic heterocycles. The van der Waals surface area contributed by atoms with Crippen molar-refractivity contribution in [3.8, 4) is 0 Å². The fraction of sp³-hybridized carbons (Fsp3) is 0.769. The molecule has 0 saturated carbocycles. The van der Waals surface area contributed by atoms with E-state index in [-0.39, 0.29) is 23.7 Å². The molecule has 106 valence electrons. The lowest BCUT2D eigenvalue weighted by Crippen LogP contribution is -2.59. The number of nitrogens with one attached hydrogen (secondary N) is 1. The van der Waals surface area contributed by atoms with Crippen LogP contribution in [0.1, 0.15) is 19.8 Å². The lowest BCUT2D eigenvalue weighted by Gasteiger charge is -2.38. The van der Waals surface area contributed by atoms with E-state index < -0.39 is 11.9 Å². The summed E-state index contributed by atoms with van der Waals surface area (Å²) in [7, 11) is 2.89. The van der Waals surface area contributed by atoms with E-state index in [1.54, 1.807) is 0 Å². The molecule has 0 aromatic carbocycles. The summed E-state index contributed by atoms with van der Waals surface area (Å²) in [5.41, 5.74) is 0. The van der Waals surface area contributed by atoms with Crippen molar-refractivity contribution < 1.29 is 14.4 Å². The van der Waals surface area contributed by atoms with Crippen molar-refractivity contribution in [3.63, 3.8) is 0 Å². The molecule has 2 aliphatic heterocycles. The quantitative estimate of drug-likeness (QED) is 0.693. The number of barbiturate groups is 1. The molecule has 2 unspecified atom stereocenters. The van der Waals surface area contributed by atoms with E-state index in [0.29, 0.717) is 0 Å². The first-order valence-corrected chi connectivity index (χ1v) is 6.75. The lowest BCUT2D eigenvalue weighted by molar-refractivity contribution is -0.151. The van der Waals surface area contributed by atoms with E-state index in [2.05, 4.69) is 12.2 Å². The van der Waals surface area contributed by atoms with Gasteiger partial charge < -0.3 is 5.32 Å². The highest BCUT2D eigenvalue weighted by atomic mass is 16.2. The highest BCUT2D eigenvalue weighted by Gasteiger charge is 2.47. The van der Waals surface area contributed by atoms with Gasteiger partial charge in [-0.05, 0) is 37.8 Å². The second kappa shape index (κ2) is 5.28. The molecular formula is C13H21N3O3. The predicted molar refractivity (Wildman–Crippen MR) is 69.2 cm³/mol. The van der Waals surface area contributed by atoms with E-state index in [0.717, 1.165) is 35.7 Å². The summed E-state index contributed by atoms with van der Waals surface area (Å²) in [5.74, 6) is -1.16. The zero-order valence-electron chi connectivity index (χ0n) is 11.7. The first-order valence-electron chi connectivity index (χ1n) is 6.75. The van der Waals surface area contributed by atoms with Crippen LogP contribution in [0.4, 0.5) is 4.79 Å². The molecule has 2 atom stereocenters. The summed E-state index contributed by atoms with van der Waals surface area (Å²) in [5, 5.41) is 3.31. The standard InChI is InChI=1S/C13H21N3O3/c1-8-7-14-6-4-5-9(8)10-11(17)15(2)13(19)16(3)12(10)18/h8-10,14H,4-7H2,1-3H3. The van der Waals surface area contributed by atoms with Gasteiger partial charge in [-0.3, -0.25) is 19.4 Å². The van der Waals surface area contributed by atoms with Gasteiger partial charge in [0.1, 0.15) is 5.92 Å². The molecule has 1 N–H and O–H groups in total. The van der Waals surface area contributed by atoms with E-state index in [1.807, 2.05) is 0 Å². The van der Waals surface area contributed by atoms with Crippen LogP contribution >= 0.6 is 0 Å². The Morgan fingerprint density at radius 1 is 1.11 bits per heavy atom. The monoisotopic (exact) mass is 267 g/mol. The first kappa shape index (κ1) is 14.0. The highest BCUT2D eigenvalue weighted by molar-refractivity contribution is 6.15. The molecule has 0 spiro atoms. The molecule has 2 aliphatic rings. The maximum absolute atomic E-state index is 12.3. The zero-order chi connectivity index (χ0) is 14.2. The number of carbonyl (C=O) groups excluding carboxylic acids is 3. The van der Waals surface area contributed by atoms with Gasteiger partial charge in [0.2, 0.25) is 11.8 Å². The summed E-state index contributed by atoms with van der Waals surface area (Å²) >= 11 is 0. The van der Waals surface area contributed by atoms with Gasteiger partial charge in [-0.2, -0.15) is 0 Å². The van der Waals surface area contributed by atoms with E-state index in [4.69, 9.17) is 0 Å². The Hall–Kier alpha value is -1.43. The van der Waals surface area contributed by atoms with Crippen LogP contribution < -0.4 is 5.32 Å². The van der Waals surface area contributed by atoms with Gasteiger partial charge in [-0.15, -0.1) is 0 Å². The molecule has 4 amide bonds. The average molecular weight is 267 g/mol. The Balaban J connectivity index is 2.28. The normalized spacial score (nSPS) is 30.8. The van der Waals surface area contributed by atoms with Gasteiger partial charge in [0.25, 0.3) is 0 Å². The molecule has 6 nitrogen and oxygen atoms in total. The smallest absolute Gasteiger partial charge is 0.316 e. The molecular weight excluding hydrogens is 246 g/mol. The Bertz CT molecular complexity index is 386. The summed E-state index contributed by atoms with van der Waals surface area (Å²) in [6.45, 7) is 3.78. The van der Waals surface area contributed by atoms with Crippen LogP contribution in [0, 0.1) is 17.8 Å². The Labute approximate surface area is 113 Å². The summed E-state index contributed by atoms with van der Waals surface area (Å²) in [6.07, 6.45) is 1.79. The molecule has 0 aliphatic carbocycles. The predicted octanol–water partition coefficient (Wildman–Crippen LogP) is 0.289. The molecule has 19 heavy (non-hydrogen) atoms. The van der Waals surface area contributed by atoms with Crippen molar-refractivity contribution in [2.45, 2.75) is 19.8 Å². The molecule has 0 bridgehead atoms. The number of imide groups is 2. The molecule has 2 saturated heterocycles. The zero-order valence-corrected chi connectivity index (χ0v) is 11.7. The van der Waals surface area contributed by atoms with Gasteiger partial charge >= 0.3 is 6.03 Å². The Morgan fingerprint density at radius 3 is 2.26 bits per heavy atom. The number of urea groups is 1. The third-order valence-electron chi connectivity index (χ3n) is 4.28. The molecule has 2 fully saturated rings. The number of hydrogen-bond acceptors (Lipinski definition) is 4. The Morgan fingerprint density at radius 2 is 1.68 bits per heavy atom. The van der Waals surface area contributed by atoms with Gasteiger partial charge in [-0.25, -0.2) is 4.79 Å². The fourth-order valence-corrected chi connectivity index (χ4v) is 3.03. The second-order valence-electron chi connectivity index (χ2n) is 5.54. The third-order valence-corrected chi connectivity index (χ3v) is 4.28. The van der Waals surface area contributed by atoms with Crippen LogP contribution in [0.15, 0.2) is 0 Å². The maximum atomic E-state index is 12.3. The van der Waals surface area contributed by atoms with Gasteiger partial charge in [0.15, 0.2) is 0 Å². The van der Waals surface area contributed by atoms with E-state index in [9.17, 15) is 14.4 Å². The largest absolute Gasteiger partial charge is 0.332 e. The number of rotatable bonds is 1. The van der Waals surface area contributed by atoms with Crippen LogP contribution in [-0.4, -0.2) is 54.8 Å². The molecule has 6 heteroatoms. The summed E-state index contributed by atoms with van der Waals surface area (Å²) < 4.78 is 0. The van der Waals surface area contributed by atoms with Gasteiger partial charge in [0.05, 0.1) is 0 Å².